The van der Waals surface area contributed by atoms with Crippen LogP contribution in [0, 0.1) is 5.82 Å². The van der Waals surface area contributed by atoms with Crippen LogP contribution in [0.2, 0.25) is 0 Å². The van der Waals surface area contributed by atoms with Gasteiger partial charge in [-0.05, 0) is 30.2 Å². The van der Waals surface area contributed by atoms with Crippen molar-refractivity contribution in [2.75, 3.05) is 4.90 Å². The molecule has 132 valence electrons. The van der Waals surface area contributed by atoms with Crippen LogP contribution < -0.4 is 4.90 Å². The normalized spacial score (nSPS) is 21.6. The molecule has 2 aliphatic rings. The molecule has 6 nitrogen and oxygen atoms in total. The Bertz CT molecular complexity index is 897. The Morgan fingerprint density at radius 2 is 1.77 bits per heavy atom. The van der Waals surface area contributed by atoms with Crippen LogP contribution in [0.4, 0.5) is 10.1 Å². The van der Waals surface area contributed by atoms with Crippen LogP contribution in [0.25, 0.3) is 0 Å². The minimum absolute atomic E-state index is 0.0823. The number of imide groups is 1. The van der Waals surface area contributed by atoms with Crippen molar-refractivity contribution in [3.63, 3.8) is 0 Å². The van der Waals surface area contributed by atoms with E-state index in [4.69, 9.17) is 0 Å². The molecule has 0 N–H and O–H groups in total. The lowest BCUT2D eigenvalue weighted by Gasteiger charge is -2.21. The third-order valence-corrected chi connectivity index (χ3v) is 4.75. The second-order valence-corrected chi connectivity index (χ2v) is 6.32. The van der Waals surface area contributed by atoms with E-state index in [9.17, 15) is 14.0 Å². The molecule has 0 radical (unpaired) electrons. The maximum Gasteiger partial charge on any atom is 0.263 e. The monoisotopic (exact) mass is 352 g/mol. The molecule has 4 rings (SSSR count). The number of anilines is 1. The quantitative estimate of drug-likeness (QED) is 0.795. The number of aryl methyl sites for hydroxylation is 1. The van der Waals surface area contributed by atoms with E-state index in [-0.39, 0.29) is 18.3 Å². The van der Waals surface area contributed by atoms with Gasteiger partial charge in [0.2, 0.25) is 0 Å². The first-order valence-electron chi connectivity index (χ1n) is 8.47. The van der Waals surface area contributed by atoms with Crippen molar-refractivity contribution in [3.8, 4) is 0 Å². The maximum absolute atomic E-state index is 13.9. The van der Waals surface area contributed by atoms with Gasteiger partial charge in [-0.15, -0.1) is 0 Å². The molecule has 7 heteroatoms. The zero-order chi connectivity index (χ0) is 18.3. The summed E-state index contributed by atoms with van der Waals surface area (Å²) in [6.45, 7) is 2.12. The van der Waals surface area contributed by atoms with E-state index >= 15 is 0 Å². The smallest absolute Gasteiger partial charge is 0.263 e. The SMILES string of the molecule is CCc1ccc(N2C(=O)[C@@H]3N=NN(Cc4ccccc4F)[C@H]3C2=O)cc1. The first-order valence-corrected chi connectivity index (χ1v) is 8.47. The summed E-state index contributed by atoms with van der Waals surface area (Å²) in [4.78, 5) is 26.7. The van der Waals surface area contributed by atoms with Gasteiger partial charge in [0.15, 0.2) is 12.1 Å². The number of carbonyl (C=O) groups is 2. The number of rotatable bonds is 4. The minimum Gasteiger partial charge on any atom is -0.271 e. The van der Waals surface area contributed by atoms with Crippen LogP contribution in [0.5, 0.6) is 0 Å². The Morgan fingerprint density at radius 3 is 2.46 bits per heavy atom. The molecule has 0 aromatic heterocycles. The molecule has 2 amide bonds. The molecule has 0 spiro atoms. The third-order valence-electron chi connectivity index (χ3n) is 4.75. The average Bonchev–Trinajstić information content (AvgIpc) is 3.17. The van der Waals surface area contributed by atoms with Gasteiger partial charge < -0.3 is 0 Å². The van der Waals surface area contributed by atoms with Gasteiger partial charge in [-0.1, -0.05) is 42.5 Å². The number of nitrogens with zero attached hydrogens (tertiary/aromatic N) is 4. The minimum atomic E-state index is -0.875. The standard InChI is InChI=1S/C19H17FN4O2/c1-2-12-7-9-14(10-8-12)24-18(25)16-17(19(24)26)23(22-21-16)11-13-5-3-4-6-15(13)20/h3-10,16-17H,2,11H2,1H3/t16-,17-/m1/s1. The van der Waals surface area contributed by atoms with Crippen LogP contribution in [0.3, 0.4) is 0 Å². The molecule has 1 fully saturated rings. The predicted molar refractivity (Wildman–Crippen MR) is 92.7 cm³/mol. The van der Waals surface area contributed by atoms with Crippen molar-refractivity contribution >= 4 is 17.5 Å². The van der Waals surface area contributed by atoms with Gasteiger partial charge >= 0.3 is 0 Å². The van der Waals surface area contributed by atoms with E-state index in [0.717, 1.165) is 16.9 Å². The summed E-state index contributed by atoms with van der Waals surface area (Å²) in [5, 5.41) is 9.29. The third kappa shape index (κ3) is 2.56. The molecular formula is C19H17FN4O2. The molecule has 0 aliphatic carbocycles. The van der Waals surface area contributed by atoms with Crippen LogP contribution in [0.1, 0.15) is 18.1 Å². The first kappa shape index (κ1) is 16.4. The maximum atomic E-state index is 13.9. The fourth-order valence-corrected chi connectivity index (χ4v) is 3.29. The predicted octanol–water partition coefficient (Wildman–Crippen LogP) is 2.88. The number of halogens is 1. The molecular weight excluding hydrogens is 335 g/mol. The fourth-order valence-electron chi connectivity index (χ4n) is 3.29. The van der Waals surface area contributed by atoms with Crippen LogP contribution in [-0.4, -0.2) is 28.9 Å². The lowest BCUT2D eigenvalue weighted by atomic mass is 10.1. The summed E-state index contributed by atoms with van der Waals surface area (Å²) in [5.41, 5.74) is 2.04. The summed E-state index contributed by atoms with van der Waals surface area (Å²) in [7, 11) is 0. The summed E-state index contributed by atoms with van der Waals surface area (Å²) in [6.07, 6.45) is 0.873. The van der Waals surface area contributed by atoms with Crippen LogP contribution in [-0.2, 0) is 22.6 Å². The largest absolute Gasteiger partial charge is 0.271 e. The van der Waals surface area contributed by atoms with E-state index in [1.54, 1.807) is 30.3 Å². The van der Waals surface area contributed by atoms with E-state index in [2.05, 4.69) is 10.3 Å². The van der Waals surface area contributed by atoms with E-state index in [0.29, 0.717) is 11.3 Å². The zero-order valence-corrected chi connectivity index (χ0v) is 14.2. The molecule has 26 heavy (non-hydrogen) atoms. The number of carbonyl (C=O) groups excluding carboxylic acids is 2. The van der Waals surface area contributed by atoms with Crippen molar-refractivity contribution in [1.29, 1.82) is 0 Å². The van der Waals surface area contributed by atoms with Gasteiger partial charge in [-0.2, -0.15) is 5.11 Å². The lowest BCUT2D eigenvalue weighted by molar-refractivity contribution is -0.123. The van der Waals surface area contributed by atoms with Crippen molar-refractivity contribution in [1.82, 2.24) is 5.01 Å². The Labute approximate surface area is 149 Å². The van der Waals surface area contributed by atoms with Crippen molar-refractivity contribution in [2.24, 2.45) is 10.3 Å². The highest BCUT2D eigenvalue weighted by atomic mass is 19.1. The Hall–Kier alpha value is -3.09. The zero-order valence-electron chi connectivity index (χ0n) is 14.2. The summed E-state index contributed by atoms with van der Waals surface area (Å²) in [5.74, 6) is -1.16. The molecule has 0 saturated carbocycles. The van der Waals surface area contributed by atoms with Gasteiger partial charge in [0.25, 0.3) is 11.8 Å². The van der Waals surface area contributed by atoms with Gasteiger partial charge in [0.1, 0.15) is 5.82 Å². The van der Waals surface area contributed by atoms with Gasteiger partial charge in [-0.25, -0.2) is 9.29 Å². The second-order valence-electron chi connectivity index (χ2n) is 6.32. The molecule has 2 aliphatic heterocycles. The van der Waals surface area contributed by atoms with Gasteiger partial charge in [0.05, 0.1) is 12.2 Å². The fraction of sp³-hybridized carbons (Fsp3) is 0.263. The topological polar surface area (TPSA) is 65.3 Å². The Kier molecular flexibility index (Phi) is 3.99. The number of benzene rings is 2. The van der Waals surface area contributed by atoms with E-state index in [1.165, 1.54) is 11.1 Å². The highest BCUT2D eigenvalue weighted by Gasteiger charge is 2.54. The van der Waals surface area contributed by atoms with Crippen molar-refractivity contribution in [3.05, 3.63) is 65.5 Å². The lowest BCUT2D eigenvalue weighted by Crippen LogP contribution is -2.39. The molecule has 2 heterocycles. The van der Waals surface area contributed by atoms with Crippen molar-refractivity contribution in [2.45, 2.75) is 32.0 Å². The molecule has 2 aromatic carbocycles. The molecule has 0 bridgehead atoms. The van der Waals surface area contributed by atoms with E-state index in [1.807, 2.05) is 19.1 Å². The Morgan fingerprint density at radius 1 is 1.04 bits per heavy atom. The van der Waals surface area contributed by atoms with E-state index < -0.39 is 18.0 Å². The van der Waals surface area contributed by atoms with Crippen LogP contribution in [0.15, 0.2) is 58.9 Å². The highest BCUT2D eigenvalue weighted by Crippen LogP contribution is 2.33. The number of fused-ring (bicyclic) bond motifs is 1. The number of hydrogen-bond acceptors (Lipinski definition) is 5. The average molecular weight is 352 g/mol. The number of hydrogen-bond donors (Lipinski definition) is 0. The second kappa shape index (κ2) is 6.33. The summed E-state index contributed by atoms with van der Waals surface area (Å²) >= 11 is 0. The Balaban J connectivity index is 1.60. The van der Waals surface area contributed by atoms with Gasteiger partial charge in [0, 0.05) is 5.56 Å². The highest BCUT2D eigenvalue weighted by molar-refractivity contribution is 6.25. The summed E-state index contributed by atoms with van der Waals surface area (Å²) in [6, 6.07) is 11.9. The first-order chi connectivity index (χ1) is 12.6. The molecule has 2 atom stereocenters. The molecule has 2 aromatic rings. The molecule has 0 unspecified atom stereocenters. The van der Waals surface area contributed by atoms with Crippen LogP contribution >= 0.6 is 0 Å². The van der Waals surface area contributed by atoms with Gasteiger partial charge in [-0.3, -0.25) is 14.6 Å². The van der Waals surface area contributed by atoms with Crippen molar-refractivity contribution < 1.29 is 14.0 Å². The molecule has 1 saturated heterocycles. The summed E-state index contributed by atoms with van der Waals surface area (Å²) < 4.78 is 13.9. The number of amides is 2.